The van der Waals surface area contributed by atoms with Crippen LogP contribution in [0, 0.1) is 0 Å². The Morgan fingerprint density at radius 3 is 2.56 bits per heavy atom. The summed E-state index contributed by atoms with van der Waals surface area (Å²) < 4.78 is 0. The number of nitrogens with zero attached hydrogens (tertiary/aromatic N) is 1. The van der Waals surface area contributed by atoms with E-state index in [0.29, 0.717) is 12.8 Å². The minimum atomic E-state index is -0.341. The summed E-state index contributed by atoms with van der Waals surface area (Å²) in [6, 6.07) is -0.144. The molecule has 1 aliphatic rings. The first-order valence-corrected chi connectivity index (χ1v) is 6.12. The summed E-state index contributed by atoms with van der Waals surface area (Å²) in [5.41, 5.74) is 0. The van der Waals surface area contributed by atoms with Crippen LogP contribution in [0.1, 0.15) is 47.0 Å². The lowest BCUT2D eigenvalue weighted by Gasteiger charge is -2.33. The molecule has 92 valence electrons. The molecular formula is C12H22N2O2. The molecule has 0 bridgehead atoms. The molecule has 0 saturated carbocycles. The van der Waals surface area contributed by atoms with E-state index < -0.39 is 0 Å². The average Bonchev–Trinajstić information content (AvgIpc) is 2.34. The first kappa shape index (κ1) is 13.0. The fourth-order valence-corrected chi connectivity index (χ4v) is 2.20. The van der Waals surface area contributed by atoms with E-state index in [2.05, 4.69) is 12.2 Å². The van der Waals surface area contributed by atoms with Gasteiger partial charge in [0.25, 0.3) is 0 Å². The molecule has 2 amide bonds. The quantitative estimate of drug-likeness (QED) is 0.788. The minimum Gasteiger partial charge on any atom is -0.344 e. The highest BCUT2D eigenvalue weighted by molar-refractivity contribution is 5.90. The summed E-state index contributed by atoms with van der Waals surface area (Å²) in [5, 5.41) is 2.79. The third kappa shape index (κ3) is 2.54. The Bertz CT molecular complexity index is 278. The van der Waals surface area contributed by atoms with Crippen molar-refractivity contribution in [3.63, 3.8) is 0 Å². The van der Waals surface area contributed by atoms with Gasteiger partial charge in [0.05, 0.1) is 0 Å². The van der Waals surface area contributed by atoms with Gasteiger partial charge in [-0.2, -0.15) is 0 Å². The topological polar surface area (TPSA) is 49.4 Å². The highest BCUT2D eigenvalue weighted by Gasteiger charge is 2.34. The third-order valence-corrected chi connectivity index (χ3v) is 3.32. The zero-order valence-electron chi connectivity index (χ0n) is 10.6. The Labute approximate surface area is 97.4 Å². The van der Waals surface area contributed by atoms with Crippen molar-refractivity contribution in [2.75, 3.05) is 0 Å². The molecule has 1 saturated heterocycles. The highest BCUT2D eigenvalue weighted by atomic mass is 16.2. The van der Waals surface area contributed by atoms with E-state index in [0.717, 1.165) is 6.42 Å². The van der Waals surface area contributed by atoms with Gasteiger partial charge in [0.15, 0.2) is 0 Å². The molecule has 1 rings (SSSR count). The summed E-state index contributed by atoms with van der Waals surface area (Å²) >= 11 is 0. The van der Waals surface area contributed by atoms with Crippen LogP contribution >= 0.6 is 0 Å². The number of carbonyl (C=O) groups excluding carboxylic acids is 2. The van der Waals surface area contributed by atoms with Gasteiger partial charge in [0, 0.05) is 18.5 Å². The predicted molar refractivity (Wildman–Crippen MR) is 62.9 cm³/mol. The average molecular weight is 226 g/mol. The summed E-state index contributed by atoms with van der Waals surface area (Å²) in [5.74, 6) is 0.0497. The first-order chi connectivity index (χ1) is 7.51. The van der Waals surface area contributed by atoms with Gasteiger partial charge in [-0.3, -0.25) is 9.59 Å². The number of hydrogen-bond donors (Lipinski definition) is 1. The van der Waals surface area contributed by atoms with Crippen LogP contribution in [-0.2, 0) is 9.59 Å². The van der Waals surface area contributed by atoms with Crippen LogP contribution in [-0.4, -0.2) is 34.8 Å². The zero-order valence-corrected chi connectivity index (χ0v) is 10.6. The molecule has 1 aliphatic heterocycles. The maximum absolute atomic E-state index is 12.2. The molecule has 1 N–H and O–H groups in total. The third-order valence-electron chi connectivity index (χ3n) is 3.32. The Morgan fingerprint density at radius 2 is 2.06 bits per heavy atom. The van der Waals surface area contributed by atoms with Crippen LogP contribution in [0.5, 0.6) is 0 Å². The first-order valence-electron chi connectivity index (χ1n) is 6.12. The van der Waals surface area contributed by atoms with Crippen molar-refractivity contribution in [2.24, 2.45) is 0 Å². The number of carbonyl (C=O) groups is 2. The summed E-state index contributed by atoms with van der Waals surface area (Å²) in [7, 11) is 0. The van der Waals surface area contributed by atoms with E-state index in [1.807, 2.05) is 25.7 Å². The molecule has 0 spiro atoms. The molecule has 0 aromatic carbocycles. The SMILES string of the molecule is CCC1NC(=O)CC(C)N(C(C)CC)C1=O. The molecule has 3 atom stereocenters. The Hall–Kier alpha value is -1.06. The van der Waals surface area contributed by atoms with Gasteiger partial charge >= 0.3 is 0 Å². The molecule has 4 nitrogen and oxygen atoms in total. The normalized spacial score (nSPS) is 28.6. The number of nitrogens with one attached hydrogen (secondary N) is 1. The number of hydrogen-bond acceptors (Lipinski definition) is 2. The maximum Gasteiger partial charge on any atom is 0.245 e. The van der Waals surface area contributed by atoms with Crippen molar-refractivity contribution >= 4 is 11.8 Å². The predicted octanol–water partition coefficient (Wildman–Crippen LogP) is 1.30. The van der Waals surface area contributed by atoms with E-state index in [4.69, 9.17) is 0 Å². The van der Waals surface area contributed by atoms with E-state index in [-0.39, 0.29) is 29.9 Å². The second-order valence-corrected chi connectivity index (χ2v) is 4.58. The lowest BCUT2D eigenvalue weighted by Crippen LogP contribution is -2.49. The van der Waals surface area contributed by atoms with Crippen LogP contribution in [0.25, 0.3) is 0 Å². The summed E-state index contributed by atoms with van der Waals surface area (Å²) in [6.45, 7) is 7.97. The van der Waals surface area contributed by atoms with Gasteiger partial charge in [0.2, 0.25) is 11.8 Å². The van der Waals surface area contributed by atoms with Crippen LogP contribution < -0.4 is 5.32 Å². The van der Waals surface area contributed by atoms with Crippen molar-refractivity contribution in [1.29, 1.82) is 0 Å². The second-order valence-electron chi connectivity index (χ2n) is 4.58. The molecule has 0 aliphatic carbocycles. The summed E-state index contributed by atoms with van der Waals surface area (Å²) in [4.78, 5) is 25.7. The second kappa shape index (κ2) is 5.32. The van der Waals surface area contributed by atoms with E-state index in [1.165, 1.54) is 0 Å². The molecular weight excluding hydrogens is 204 g/mol. The molecule has 3 unspecified atom stereocenters. The highest BCUT2D eigenvalue weighted by Crippen LogP contribution is 2.17. The van der Waals surface area contributed by atoms with Gasteiger partial charge in [-0.15, -0.1) is 0 Å². The van der Waals surface area contributed by atoms with Crippen LogP contribution in [0.15, 0.2) is 0 Å². The minimum absolute atomic E-state index is 0.000926. The van der Waals surface area contributed by atoms with Crippen molar-refractivity contribution in [1.82, 2.24) is 10.2 Å². The fraction of sp³-hybridized carbons (Fsp3) is 0.833. The Kier molecular flexibility index (Phi) is 4.33. The van der Waals surface area contributed by atoms with Crippen molar-refractivity contribution in [3.05, 3.63) is 0 Å². The molecule has 1 heterocycles. The monoisotopic (exact) mass is 226 g/mol. The fourth-order valence-electron chi connectivity index (χ4n) is 2.20. The molecule has 0 radical (unpaired) electrons. The van der Waals surface area contributed by atoms with E-state index >= 15 is 0 Å². The summed E-state index contributed by atoms with van der Waals surface area (Å²) in [6.07, 6.45) is 1.98. The van der Waals surface area contributed by atoms with Crippen molar-refractivity contribution in [3.8, 4) is 0 Å². The van der Waals surface area contributed by atoms with Gasteiger partial charge in [-0.1, -0.05) is 13.8 Å². The zero-order chi connectivity index (χ0) is 12.3. The van der Waals surface area contributed by atoms with Gasteiger partial charge < -0.3 is 10.2 Å². The van der Waals surface area contributed by atoms with E-state index in [9.17, 15) is 9.59 Å². The number of rotatable bonds is 3. The van der Waals surface area contributed by atoms with Crippen LogP contribution in [0.2, 0.25) is 0 Å². The molecule has 1 fully saturated rings. The smallest absolute Gasteiger partial charge is 0.245 e. The van der Waals surface area contributed by atoms with Crippen LogP contribution in [0.4, 0.5) is 0 Å². The largest absolute Gasteiger partial charge is 0.344 e. The standard InChI is InChI=1S/C12H22N2O2/c1-5-8(3)14-9(4)7-11(15)13-10(6-2)12(14)16/h8-10H,5-7H2,1-4H3,(H,13,15). The van der Waals surface area contributed by atoms with Crippen LogP contribution in [0.3, 0.4) is 0 Å². The maximum atomic E-state index is 12.2. The van der Waals surface area contributed by atoms with Gasteiger partial charge in [0.1, 0.15) is 6.04 Å². The lowest BCUT2D eigenvalue weighted by atomic mass is 10.1. The molecule has 16 heavy (non-hydrogen) atoms. The van der Waals surface area contributed by atoms with Crippen molar-refractivity contribution in [2.45, 2.75) is 65.1 Å². The molecule has 4 heteroatoms. The van der Waals surface area contributed by atoms with Crippen molar-refractivity contribution < 1.29 is 9.59 Å². The van der Waals surface area contributed by atoms with E-state index in [1.54, 1.807) is 0 Å². The number of amides is 2. The molecule has 0 aromatic heterocycles. The lowest BCUT2D eigenvalue weighted by molar-refractivity contribution is -0.137. The Balaban J connectivity index is 2.94. The molecule has 0 aromatic rings. The Morgan fingerprint density at radius 1 is 1.44 bits per heavy atom. The van der Waals surface area contributed by atoms with Gasteiger partial charge in [-0.25, -0.2) is 0 Å². The van der Waals surface area contributed by atoms with Gasteiger partial charge in [-0.05, 0) is 26.7 Å².